The van der Waals surface area contributed by atoms with Crippen LogP contribution in [0.15, 0.2) is 42.5 Å². The van der Waals surface area contributed by atoms with E-state index in [-0.39, 0.29) is 5.91 Å². The molecule has 0 N–H and O–H groups in total. The molecule has 4 heteroatoms. The topological polar surface area (TPSA) is 38.8 Å². The molecule has 2 aromatic rings. The van der Waals surface area contributed by atoms with Gasteiger partial charge in [0.2, 0.25) is 0 Å². The molecule has 0 saturated heterocycles. The lowest BCUT2D eigenvalue weighted by Gasteiger charge is -2.30. The van der Waals surface area contributed by atoms with E-state index >= 15 is 0 Å². The van der Waals surface area contributed by atoms with Crippen LogP contribution in [0.2, 0.25) is 0 Å². The zero-order valence-corrected chi connectivity index (χ0v) is 13.5. The quantitative estimate of drug-likeness (QED) is 0.871. The van der Waals surface area contributed by atoms with Gasteiger partial charge in [-0.1, -0.05) is 30.3 Å². The predicted octanol–water partition coefficient (Wildman–Crippen LogP) is 3.04. The Bertz CT molecular complexity index is 697. The zero-order chi connectivity index (χ0) is 16.2. The minimum Gasteiger partial charge on any atom is -0.496 e. The van der Waals surface area contributed by atoms with E-state index in [4.69, 9.17) is 9.47 Å². The number of carbonyl (C=O) groups is 1. The first-order valence-electron chi connectivity index (χ1n) is 7.75. The maximum Gasteiger partial charge on any atom is 0.254 e. The summed E-state index contributed by atoms with van der Waals surface area (Å²) in [5.41, 5.74) is 4.01. The smallest absolute Gasteiger partial charge is 0.254 e. The highest BCUT2D eigenvalue weighted by Crippen LogP contribution is 2.29. The van der Waals surface area contributed by atoms with Crippen LogP contribution in [0, 0.1) is 0 Å². The Labute approximate surface area is 136 Å². The molecule has 0 spiro atoms. The number of rotatable bonds is 4. The number of hydrogen-bond donors (Lipinski definition) is 0. The van der Waals surface area contributed by atoms with Gasteiger partial charge in [0.05, 0.1) is 13.7 Å². The van der Waals surface area contributed by atoms with Gasteiger partial charge in [0.15, 0.2) is 0 Å². The number of nitrogens with zero attached hydrogens (tertiary/aromatic N) is 1. The van der Waals surface area contributed by atoms with E-state index in [9.17, 15) is 4.79 Å². The summed E-state index contributed by atoms with van der Waals surface area (Å²) >= 11 is 0. The number of methoxy groups -OCH3 is 2. The van der Waals surface area contributed by atoms with Crippen LogP contribution in [-0.2, 0) is 24.3 Å². The molecule has 1 amide bonds. The van der Waals surface area contributed by atoms with Gasteiger partial charge < -0.3 is 14.4 Å². The lowest BCUT2D eigenvalue weighted by molar-refractivity contribution is 0.0728. The van der Waals surface area contributed by atoms with Crippen molar-refractivity contribution in [3.63, 3.8) is 0 Å². The summed E-state index contributed by atoms with van der Waals surface area (Å²) in [5.74, 6) is 0.902. The highest BCUT2D eigenvalue weighted by molar-refractivity contribution is 5.95. The number of ether oxygens (including phenoxy) is 2. The Balaban J connectivity index is 1.88. The van der Waals surface area contributed by atoms with Gasteiger partial charge in [-0.25, -0.2) is 0 Å². The van der Waals surface area contributed by atoms with Gasteiger partial charge in [-0.15, -0.1) is 0 Å². The maximum absolute atomic E-state index is 12.9. The Morgan fingerprint density at radius 3 is 2.74 bits per heavy atom. The molecule has 1 heterocycles. The van der Waals surface area contributed by atoms with Crippen LogP contribution in [0.3, 0.4) is 0 Å². The second-order valence-electron chi connectivity index (χ2n) is 5.66. The van der Waals surface area contributed by atoms with E-state index in [1.807, 2.05) is 41.3 Å². The molecule has 1 aliphatic rings. The molecule has 2 aromatic carbocycles. The van der Waals surface area contributed by atoms with Crippen molar-refractivity contribution in [2.75, 3.05) is 20.8 Å². The van der Waals surface area contributed by atoms with Crippen LogP contribution >= 0.6 is 0 Å². The van der Waals surface area contributed by atoms with Crippen LogP contribution in [-0.4, -0.2) is 31.6 Å². The molecule has 0 saturated carbocycles. The van der Waals surface area contributed by atoms with Crippen LogP contribution in [0.5, 0.6) is 5.75 Å². The van der Waals surface area contributed by atoms with Crippen molar-refractivity contribution in [1.29, 1.82) is 0 Å². The van der Waals surface area contributed by atoms with E-state index in [2.05, 4.69) is 6.07 Å². The van der Waals surface area contributed by atoms with Gasteiger partial charge in [0, 0.05) is 31.3 Å². The third kappa shape index (κ3) is 3.08. The fourth-order valence-corrected chi connectivity index (χ4v) is 3.10. The van der Waals surface area contributed by atoms with Crippen LogP contribution in [0.4, 0.5) is 0 Å². The SMILES string of the molecule is COCc1ccccc1C(=O)N1CCc2cccc(OC)c2C1. The summed E-state index contributed by atoms with van der Waals surface area (Å²) in [4.78, 5) is 14.8. The molecule has 23 heavy (non-hydrogen) atoms. The van der Waals surface area contributed by atoms with Crippen molar-refractivity contribution in [3.05, 3.63) is 64.7 Å². The molecule has 4 nitrogen and oxygen atoms in total. The van der Waals surface area contributed by atoms with Gasteiger partial charge >= 0.3 is 0 Å². The summed E-state index contributed by atoms with van der Waals surface area (Å²) in [7, 11) is 3.31. The molecule has 0 atom stereocenters. The molecular formula is C19H21NO3. The van der Waals surface area contributed by atoms with Gasteiger partial charge in [0.1, 0.15) is 5.75 Å². The monoisotopic (exact) mass is 311 g/mol. The number of benzene rings is 2. The van der Waals surface area contributed by atoms with Crippen molar-refractivity contribution in [3.8, 4) is 5.75 Å². The first kappa shape index (κ1) is 15.6. The van der Waals surface area contributed by atoms with Crippen LogP contribution < -0.4 is 4.74 Å². The van der Waals surface area contributed by atoms with Gasteiger partial charge in [-0.3, -0.25) is 4.79 Å². The third-order valence-corrected chi connectivity index (χ3v) is 4.28. The lowest BCUT2D eigenvalue weighted by Crippen LogP contribution is -2.36. The highest BCUT2D eigenvalue weighted by Gasteiger charge is 2.25. The lowest BCUT2D eigenvalue weighted by atomic mass is 9.97. The molecule has 0 radical (unpaired) electrons. The largest absolute Gasteiger partial charge is 0.496 e. The number of carbonyl (C=O) groups excluding carboxylic acids is 1. The molecule has 0 unspecified atom stereocenters. The fraction of sp³-hybridized carbons (Fsp3) is 0.316. The molecule has 1 aliphatic heterocycles. The molecule has 120 valence electrons. The number of fused-ring (bicyclic) bond motifs is 1. The minimum atomic E-state index is 0.0502. The first-order chi connectivity index (χ1) is 11.2. The molecule has 0 aromatic heterocycles. The van der Waals surface area contributed by atoms with E-state index in [1.54, 1.807) is 14.2 Å². The third-order valence-electron chi connectivity index (χ3n) is 4.28. The van der Waals surface area contributed by atoms with Crippen molar-refractivity contribution < 1.29 is 14.3 Å². The molecule has 0 fully saturated rings. The van der Waals surface area contributed by atoms with Crippen molar-refractivity contribution in [2.24, 2.45) is 0 Å². The minimum absolute atomic E-state index is 0.0502. The number of amides is 1. The molecular weight excluding hydrogens is 290 g/mol. The molecule has 0 aliphatic carbocycles. The summed E-state index contributed by atoms with van der Waals surface area (Å²) in [5, 5.41) is 0. The first-order valence-corrected chi connectivity index (χ1v) is 7.75. The van der Waals surface area contributed by atoms with E-state index < -0.39 is 0 Å². The second kappa shape index (κ2) is 6.84. The average Bonchev–Trinajstić information content (AvgIpc) is 2.61. The predicted molar refractivity (Wildman–Crippen MR) is 88.6 cm³/mol. The van der Waals surface area contributed by atoms with Gasteiger partial charge in [-0.05, 0) is 29.7 Å². The van der Waals surface area contributed by atoms with E-state index in [0.717, 1.165) is 29.8 Å². The summed E-state index contributed by atoms with van der Waals surface area (Å²) in [6.45, 7) is 1.75. The molecule has 3 rings (SSSR count). The van der Waals surface area contributed by atoms with Crippen molar-refractivity contribution in [1.82, 2.24) is 4.90 Å². The summed E-state index contributed by atoms with van der Waals surface area (Å²) < 4.78 is 10.7. The summed E-state index contributed by atoms with van der Waals surface area (Å²) in [6.07, 6.45) is 0.852. The Kier molecular flexibility index (Phi) is 4.63. The van der Waals surface area contributed by atoms with Crippen molar-refractivity contribution in [2.45, 2.75) is 19.6 Å². The Morgan fingerprint density at radius 2 is 1.96 bits per heavy atom. The van der Waals surface area contributed by atoms with Crippen LogP contribution in [0.25, 0.3) is 0 Å². The van der Waals surface area contributed by atoms with E-state index in [0.29, 0.717) is 18.7 Å². The van der Waals surface area contributed by atoms with Gasteiger partial charge in [-0.2, -0.15) is 0 Å². The normalized spacial score (nSPS) is 13.6. The standard InChI is InChI=1S/C19H21NO3/c1-22-13-15-6-3-4-8-16(15)19(21)20-11-10-14-7-5-9-18(23-2)17(14)12-20/h3-9H,10-13H2,1-2H3. The van der Waals surface area contributed by atoms with E-state index in [1.165, 1.54) is 5.56 Å². The zero-order valence-electron chi connectivity index (χ0n) is 13.5. The Hall–Kier alpha value is -2.33. The fourth-order valence-electron chi connectivity index (χ4n) is 3.10. The molecule has 0 bridgehead atoms. The summed E-state index contributed by atoms with van der Waals surface area (Å²) in [6, 6.07) is 13.7. The Morgan fingerprint density at radius 1 is 1.13 bits per heavy atom. The van der Waals surface area contributed by atoms with Crippen LogP contribution in [0.1, 0.15) is 27.0 Å². The average molecular weight is 311 g/mol. The van der Waals surface area contributed by atoms with Crippen molar-refractivity contribution >= 4 is 5.91 Å². The van der Waals surface area contributed by atoms with Gasteiger partial charge in [0.25, 0.3) is 5.91 Å². The maximum atomic E-state index is 12.9. The second-order valence-corrected chi connectivity index (χ2v) is 5.66. The number of hydrogen-bond acceptors (Lipinski definition) is 3. The highest BCUT2D eigenvalue weighted by atomic mass is 16.5.